The van der Waals surface area contributed by atoms with Gasteiger partial charge in [0.25, 0.3) is 10.5 Å². The van der Waals surface area contributed by atoms with Gasteiger partial charge in [0.1, 0.15) is 11.5 Å². The number of phenols is 2. The van der Waals surface area contributed by atoms with Crippen LogP contribution < -0.4 is 0 Å². The average molecular weight is 530 g/mol. The molecule has 0 atom stereocenters. The van der Waals surface area contributed by atoms with Gasteiger partial charge in [0.05, 0.1) is 0 Å². The molecule has 174 valence electrons. The number of rotatable bonds is 4. The standard InChI is InChI=1S/C15H16O2.C8H4Cl2O2.CCl2O/c1-15(2,11-3-7-13(16)8-4-11)12-5-9-14(17)10-6-12;9-7(11)5-1-2-6(4-3-5)8(10)12;2-1(3)4/h3-10,16-17H,1-2H3;1-4H;. The maximum Gasteiger partial charge on any atom is 0.313 e. The first-order chi connectivity index (χ1) is 15.3. The molecule has 0 aromatic heterocycles. The molecule has 0 saturated carbocycles. The van der Waals surface area contributed by atoms with Crippen LogP contribution in [0.15, 0.2) is 72.8 Å². The van der Waals surface area contributed by atoms with E-state index in [4.69, 9.17) is 28.0 Å². The van der Waals surface area contributed by atoms with Crippen LogP contribution in [0.2, 0.25) is 0 Å². The summed E-state index contributed by atoms with van der Waals surface area (Å²) in [6.07, 6.45) is 0. The number of hydrogen-bond donors (Lipinski definition) is 2. The summed E-state index contributed by atoms with van der Waals surface area (Å²) in [5, 5.41) is 17.5. The highest BCUT2D eigenvalue weighted by Gasteiger charge is 2.22. The van der Waals surface area contributed by atoms with E-state index in [2.05, 4.69) is 37.0 Å². The van der Waals surface area contributed by atoms with Crippen molar-refractivity contribution >= 4 is 61.6 Å². The Morgan fingerprint density at radius 2 is 0.818 bits per heavy atom. The first-order valence-electron chi connectivity index (χ1n) is 9.28. The van der Waals surface area contributed by atoms with Crippen LogP contribution >= 0.6 is 46.4 Å². The van der Waals surface area contributed by atoms with Crippen LogP contribution in [-0.4, -0.2) is 25.4 Å². The van der Waals surface area contributed by atoms with Crippen molar-refractivity contribution < 1.29 is 24.6 Å². The van der Waals surface area contributed by atoms with Crippen molar-refractivity contribution in [1.29, 1.82) is 0 Å². The molecule has 0 amide bonds. The van der Waals surface area contributed by atoms with Gasteiger partial charge >= 0.3 is 4.70 Å². The average Bonchev–Trinajstić information content (AvgIpc) is 2.74. The quantitative estimate of drug-likeness (QED) is 0.342. The van der Waals surface area contributed by atoms with Crippen molar-refractivity contribution in [1.82, 2.24) is 0 Å². The van der Waals surface area contributed by atoms with Gasteiger partial charge in [-0.2, -0.15) is 0 Å². The molecule has 3 rings (SSSR count). The summed E-state index contributed by atoms with van der Waals surface area (Å²) in [7, 11) is 0. The SMILES string of the molecule is CC(C)(c1ccc(O)cc1)c1ccc(O)cc1.O=C(Cl)Cl.O=C(Cl)c1ccc(C(=O)Cl)cc1. The molecule has 0 aliphatic rings. The summed E-state index contributed by atoms with van der Waals surface area (Å²) in [5.41, 5.74) is 2.79. The van der Waals surface area contributed by atoms with Gasteiger partial charge in [-0.15, -0.1) is 0 Å². The number of hydrogen-bond acceptors (Lipinski definition) is 5. The lowest BCUT2D eigenvalue weighted by Crippen LogP contribution is -2.18. The van der Waals surface area contributed by atoms with Crippen LogP contribution in [0.25, 0.3) is 0 Å². The van der Waals surface area contributed by atoms with Crippen LogP contribution in [0.1, 0.15) is 45.7 Å². The van der Waals surface area contributed by atoms with Crippen molar-refractivity contribution in [3.8, 4) is 11.5 Å². The predicted molar refractivity (Wildman–Crippen MR) is 132 cm³/mol. The van der Waals surface area contributed by atoms with Crippen molar-refractivity contribution in [3.63, 3.8) is 0 Å². The fourth-order valence-electron chi connectivity index (χ4n) is 2.66. The van der Waals surface area contributed by atoms with Gasteiger partial charge in [-0.25, -0.2) is 0 Å². The summed E-state index contributed by atoms with van der Waals surface area (Å²) in [4.78, 5) is 30.1. The van der Waals surface area contributed by atoms with Crippen LogP contribution in [0.3, 0.4) is 0 Å². The van der Waals surface area contributed by atoms with Gasteiger partial charge in [0.15, 0.2) is 0 Å². The van der Waals surface area contributed by atoms with Gasteiger partial charge < -0.3 is 10.2 Å². The summed E-state index contributed by atoms with van der Waals surface area (Å²) in [6.45, 7) is 4.23. The molecular formula is C24H20Cl4O5. The fourth-order valence-corrected chi connectivity index (χ4v) is 2.91. The van der Waals surface area contributed by atoms with Crippen molar-refractivity contribution in [2.45, 2.75) is 19.3 Å². The maximum atomic E-state index is 10.6. The number of halogens is 4. The Labute approximate surface area is 211 Å². The van der Waals surface area contributed by atoms with E-state index in [1.165, 1.54) is 24.3 Å². The van der Waals surface area contributed by atoms with Gasteiger partial charge in [-0.3, -0.25) is 14.4 Å². The second-order valence-electron chi connectivity index (χ2n) is 7.07. The molecule has 0 bridgehead atoms. The Kier molecular flexibility index (Phi) is 11.4. The third-order valence-corrected chi connectivity index (χ3v) is 4.95. The summed E-state index contributed by atoms with van der Waals surface area (Å²) in [6, 6.07) is 20.2. The molecule has 5 nitrogen and oxygen atoms in total. The van der Waals surface area contributed by atoms with E-state index in [-0.39, 0.29) is 16.9 Å². The molecular weight excluding hydrogens is 510 g/mol. The zero-order chi connectivity index (χ0) is 25.2. The number of carbonyl (C=O) groups excluding carboxylic acids is 3. The molecule has 0 spiro atoms. The van der Waals surface area contributed by atoms with E-state index in [1.807, 2.05) is 24.3 Å². The minimum atomic E-state index is -0.889. The third-order valence-electron chi connectivity index (χ3n) is 4.52. The predicted octanol–water partition coefficient (Wildman–Crippen LogP) is 7.45. The Morgan fingerprint density at radius 3 is 1.03 bits per heavy atom. The minimum Gasteiger partial charge on any atom is -0.508 e. The molecule has 3 aromatic rings. The highest BCUT2D eigenvalue weighted by atomic mass is 35.5. The molecule has 2 N–H and O–H groups in total. The Bertz CT molecular complexity index is 993. The molecule has 33 heavy (non-hydrogen) atoms. The summed E-state index contributed by atoms with van der Waals surface area (Å²) >= 11 is 19.2. The van der Waals surface area contributed by atoms with Gasteiger partial charge in [0, 0.05) is 16.5 Å². The lowest BCUT2D eigenvalue weighted by molar-refractivity contribution is 0.107. The largest absolute Gasteiger partial charge is 0.508 e. The molecule has 0 aliphatic heterocycles. The normalized spacial score (nSPS) is 10.1. The number of aromatic hydroxyl groups is 2. The zero-order valence-corrected chi connectivity index (χ0v) is 20.6. The molecule has 9 heteroatoms. The van der Waals surface area contributed by atoms with Crippen LogP contribution in [0.4, 0.5) is 4.79 Å². The Balaban J connectivity index is 0.000000297. The molecule has 0 heterocycles. The minimum absolute atomic E-state index is 0.151. The van der Waals surface area contributed by atoms with Crippen molar-refractivity contribution in [2.24, 2.45) is 0 Å². The molecule has 0 unspecified atom stereocenters. The van der Waals surface area contributed by atoms with Crippen molar-refractivity contribution in [2.75, 3.05) is 0 Å². The number of carbonyl (C=O) groups is 3. The smallest absolute Gasteiger partial charge is 0.313 e. The Morgan fingerprint density at radius 1 is 0.576 bits per heavy atom. The zero-order valence-electron chi connectivity index (χ0n) is 17.6. The molecule has 3 aromatic carbocycles. The van der Waals surface area contributed by atoms with E-state index in [0.29, 0.717) is 11.1 Å². The summed E-state index contributed by atoms with van der Waals surface area (Å²) in [5.74, 6) is 0.547. The lowest BCUT2D eigenvalue weighted by Gasteiger charge is -2.26. The van der Waals surface area contributed by atoms with Gasteiger partial charge in [0.2, 0.25) is 0 Å². The Hall–Kier alpha value is -2.57. The highest BCUT2D eigenvalue weighted by molar-refractivity contribution is 6.93. The van der Waals surface area contributed by atoms with Gasteiger partial charge in [-0.1, -0.05) is 38.1 Å². The van der Waals surface area contributed by atoms with E-state index in [1.54, 1.807) is 24.3 Å². The third kappa shape index (κ3) is 9.84. The highest BCUT2D eigenvalue weighted by Crippen LogP contribution is 2.32. The second-order valence-corrected chi connectivity index (χ2v) is 8.64. The number of benzene rings is 3. The molecule has 0 saturated heterocycles. The fraction of sp³-hybridized carbons (Fsp3) is 0.125. The number of phenolic OH excluding ortho intramolecular Hbond substituents is 2. The lowest BCUT2D eigenvalue weighted by atomic mass is 9.78. The first-order valence-corrected chi connectivity index (χ1v) is 10.8. The summed E-state index contributed by atoms with van der Waals surface area (Å²) < 4.78 is -0.889. The molecule has 0 aliphatic carbocycles. The molecule has 0 radical (unpaired) electrons. The van der Waals surface area contributed by atoms with Crippen LogP contribution in [0, 0.1) is 0 Å². The second kappa shape index (κ2) is 13.2. The van der Waals surface area contributed by atoms with Crippen molar-refractivity contribution in [3.05, 3.63) is 95.1 Å². The van der Waals surface area contributed by atoms with Gasteiger partial charge in [-0.05, 0) is 106 Å². The first kappa shape index (κ1) is 28.5. The van der Waals surface area contributed by atoms with E-state index in [0.717, 1.165) is 11.1 Å². The molecule has 0 fully saturated rings. The monoisotopic (exact) mass is 528 g/mol. The van der Waals surface area contributed by atoms with E-state index in [9.17, 15) is 19.8 Å². The van der Waals surface area contributed by atoms with E-state index >= 15 is 0 Å². The topological polar surface area (TPSA) is 91.7 Å². The van der Waals surface area contributed by atoms with Crippen LogP contribution in [-0.2, 0) is 5.41 Å². The maximum absolute atomic E-state index is 10.6. The van der Waals surface area contributed by atoms with E-state index < -0.39 is 15.2 Å². The van der Waals surface area contributed by atoms with Crippen LogP contribution in [0.5, 0.6) is 11.5 Å².